The van der Waals surface area contributed by atoms with Gasteiger partial charge in [0.2, 0.25) is 5.91 Å². The zero-order valence-corrected chi connectivity index (χ0v) is 16.0. The van der Waals surface area contributed by atoms with Gasteiger partial charge >= 0.3 is 0 Å². The van der Waals surface area contributed by atoms with E-state index in [-0.39, 0.29) is 18.5 Å². The van der Waals surface area contributed by atoms with Crippen molar-refractivity contribution in [1.29, 1.82) is 0 Å². The van der Waals surface area contributed by atoms with Gasteiger partial charge in [-0.25, -0.2) is 0 Å². The molecule has 0 N–H and O–H groups in total. The molecular weight excluding hydrogens is 377 g/mol. The molecule has 0 aromatic carbocycles. The molecule has 0 atom stereocenters. The van der Waals surface area contributed by atoms with Crippen LogP contribution in [0.1, 0.15) is 24.3 Å². The van der Waals surface area contributed by atoms with Crippen molar-refractivity contribution in [3.8, 4) is 0 Å². The molecule has 1 saturated carbocycles. The second kappa shape index (κ2) is 8.18. The van der Waals surface area contributed by atoms with Crippen LogP contribution in [0.5, 0.6) is 0 Å². The molecule has 0 saturated heterocycles. The summed E-state index contributed by atoms with van der Waals surface area (Å²) in [5.41, 5.74) is 0.988. The number of amides is 2. The van der Waals surface area contributed by atoms with Crippen molar-refractivity contribution in [2.45, 2.75) is 36.8 Å². The van der Waals surface area contributed by atoms with Crippen molar-refractivity contribution in [2.75, 3.05) is 6.54 Å². The Morgan fingerprint density at radius 3 is 2.58 bits per heavy atom. The van der Waals surface area contributed by atoms with Crippen LogP contribution in [0.3, 0.4) is 0 Å². The van der Waals surface area contributed by atoms with Crippen LogP contribution in [0.15, 0.2) is 41.1 Å². The Labute approximate surface area is 162 Å². The third kappa shape index (κ3) is 4.62. The number of aryl methyl sites for hydroxylation is 1. The predicted molar refractivity (Wildman–Crippen MR) is 98.6 cm³/mol. The molecule has 3 rings (SSSR count). The topological polar surface area (TPSA) is 58.7 Å². The number of halogens is 2. The molecule has 2 amide bonds. The first-order chi connectivity index (χ1) is 12.5. The fourth-order valence-corrected chi connectivity index (χ4v) is 3.07. The lowest BCUT2D eigenvalue weighted by Crippen LogP contribution is -2.45. The Morgan fingerprint density at radius 2 is 2.04 bits per heavy atom. The van der Waals surface area contributed by atoms with Crippen molar-refractivity contribution in [3.05, 3.63) is 48.2 Å². The minimum atomic E-state index is -1.16. The van der Waals surface area contributed by atoms with Crippen LogP contribution >= 0.6 is 23.2 Å². The Balaban J connectivity index is 1.74. The highest BCUT2D eigenvalue weighted by Crippen LogP contribution is 2.28. The maximum absolute atomic E-state index is 13.0. The Morgan fingerprint density at radius 1 is 1.27 bits per heavy atom. The van der Waals surface area contributed by atoms with Gasteiger partial charge in [-0.3, -0.25) is 9.59 Å². The van der Waals surface area contributed by atoms with E-state index in [1.165, 1.54) is 4.90 Å². The molecule has 1 aliphatic rings. The summed E-state index contributed by atoms with van der Waals surface area (Å²) < 4.78 is 7.35. The van der Waals surface area contributed by atoms with Crippen LogP contribution in [-0.4, -0.2) is 43.6 Å². The van der Waals surface area contributed by atoms with Crippen molar-refractivity contribution >= 4 is 35.0 Å². The normalized spacial score (nSPS) is 13.8. The van der Waals surface area contributed by atoms with Crippen LogP contribution < -0.4 is 0 Å². The molecule has 0 spiro atoms. The molecule has 0 unspecified atom stereocenters. The van der Waals surface area contributed by atoms with Gasteiger partial charge in [0.15, 0.2) is 4.84 Å². The van der Waals surface area contributed by atoms with Crippen LogP contribution in [0.2, 0.25) is 0 Å². The molecule has 26 heavy (non-hydrogen) atoms. The van der Waals surface area contributed by atoms with E-state index in [4.69, 9.17) is 27.6 Å². The van der Waals surface area contributed by atoms with Gasteiger partial charge in [-0.1, -0.05) is 23.2 Å². The fraction of sp³-hybridized carbons (Fsp3) is 0.444. The molecule has 8 heteroatoms. The standard InChI is InChI=1S/C18H21Cl2N3O3/c1-21-8-2-4-14(21)10-22(11-15-5-3-9-26-15)16(24)12-23(13-6-7-13)18(25)17(19)20/h2-5,8-9,13,17H,6-7,10-12H2,1H3. The molecule has 2 heterocycles. The number of nitrogens with zero attached hydrogens (tertiary/aromatic N) is 3. The Bertz CT molecular complexity index is 754. The Hall–Kier alpha value is -1.92. The van der Waals surface area contributed by atoms with Gasteiger partial charge in [0.1, 0.15) is 12.3 Å². The summed E-state index contributed by atoms with van der Waals surface area (Å²) in [5.74, 6) is 0.0993. The van der Waals surface area contributed by atoms with Crippen molar-refractivity contribution < 1.29 is 14.0 Å². The number of carbonyl (C=O) groups is 2. The van der Waals surface area contributed by atoms with Crippen LogP contribution in [0.4, 0.5) is 0 Å². The second-order valence-electron chi connectivity index (χ2n) is 6.44. The monoisotopic (exact) mass is 397 g/mol. The van der Waals surface area contributed by atoms with Gasteiger partial charge in [0.05, 0.1) is 19.4 Å². The lowest BCUT2D eigenvalue weighted by atomic mass is 10.3. The fourth-order valence-electron chi connectivity index (χ4n) is 2.82. The number of furan rings is 1. The zero-order valence-electron chi connectivity index (χ0n) is 14.5. The lowest BCUT2D eigenvalue weighted by molar-refractivity contribution is -0.141. The Kier molecular flexibility index (Phi) is 5.94. The zero-order chi connectivity index (χ0) is 18.7. The number of rotatable bonds is 8. The van der Waals surface area contributed by atoms with E-state index in [2.05, 4.69) is 0 Å². The van der Waals surface area contributed by atoms with Crippen LogP contribution in [0, 0.1) is 0 Å². The molecule has 0 radical (unpaired) electrons. The van der Waals surface area contributed by atoms with Gasteiger partial charge in [-0.15, -0.1) is 0 Å². The third-order valence-electron chi connectivity index (χ3n) is 4.45. The summed E-state index contributed by atoms with van der Waals surface area (Å²) in [5, 5.41) is 0. The van der Waals surface area contributed by atoms with Gasteiger partial charge in [0.25, 0.3) is 5.91 Å². The summed E-state index contributed by atoms with van der Waals surface area (Å²) in [6, 6.07) is 7.54. The molecule has 0 bridgehead atoms. The van der Waals surface area contributed by atoms with Gasteiger partial charge < -0.3 is 18.8 Å². The van der Waals surface area contributed by atoms with Crippen molar-refractivity contribution in [3.63, 3.8) is 0 Å². The first-order valence-corrected chi connectivity index (χ1v) is 9.32. The molecule has 1 aliphatic carbocycles. The number of aromatic nitrogens is 1. The number of alkyl halides is 2. The largest absolute Gasteiger partial charge is 0.467 e. The van der Waals surface area contributed by atoms with E-state index in [1.807, 2.05) is 36.0 Å². The van der Waals surface area contributed by atoms with Crippen LogP contribution in [-0.2, 0) is 29.7 Å². The maximum Gasteiger partial charge on any atom is 0.256 e. The van der Waals surface area contributed by atoms with E-state index in [0.717, 1.165) is 18.5 Å². The lowest BCUT2D eigenvalue weighted by Gasteiger charge is -2.27. The maximum atomic E-state index is 13.0. The number of hydrogen-bond donors (Lipinski definition) is 0. The van der Waals surface area contributed by atoms with Crippen molar-refractivity contribution in [2.24, 2.45) is 7.05 Å². The van der Waals surface area contributed by atoms with Gasteiger partial charge in [0, 0.05) is 25.0 Å². The molecule has 6 nitrogen and oxygen atoms in total. The average Bonchev–Trinajstić information content (AvgIpc) is 3.17. The molecule has 1 fully saturated rings. The van der Waals surface area contributed by atoms with Crippen molar-refractivity contribution in [1.82, 2.24) is 14.4 Å². The summed E-state index contributed by atoms with van der Waals surface area (Å²) in [7, 11) is 1.93. The van der Waals surface area contributed by atoms with E-state index >= 15 is 0 Å². The average molecular weight is 398 g/mol. The van der Waals surface area contributed by atoms with Crippen LogP contribution in [0.25, 0.3) is 0 Å². The smallest absolute Gasteiger partial charge is 0.256 e. The highest BCUT2D eigenvalue weighted by atomic mass is 35.5. The van der Waals surface area contributed by atoms with E-state index in [9.17, 15) is 9.59 Å². The summed E-state index contributed by atoms with van der Waals surface area (Å²) in [6.07, 6.45) is 5.24. The summed E-state index contributed by atoms with van der Waals surface area (Å²) in [4.78, 5) is 27.2. The second-order valence-corrected chi connectivity index (χ2v) is 7.53. The van der Waals surface area contributed by atoms with E-state index in [0.29, 0.717) is 18.8 Å². The molecule has 2 aromatic rings. The third-order valence-corrected chi connectivity index (χ3v) is 4.82. The molecule has 2 aromatic heterocycles. The van der Waals surface area contributed by atoms with E-state index < -0.39 is 10.7 Å². The minimum absolute atomic E-state index is 0.0371. The highest BCUT2D eigenvalue weighted by Gasteiger charge is 2.36. The first-order valence-electron chi connectivity index (χ1n) is 8.44. The summed E-state index contributed by atoms with van der Waals surface area (Å²) in [6.45, 7) is 0.709. The highest BCUT2D eigenvalue weighted by molar-refractivity contribution is 6.53. The number of carbonyl (C=O) groups excluding carboxylic acids is 2. The summed E-state index contributed by atoms with van der Waals surface area (Å²) >= 11 is 11.5. The quantitative estimate of drug-likeness (QED) is 0.643. The van der Waals surface area contributed by atoms with E-state index in [1.54, 1.807) is 17.2 Å². The first kappa shape index (κ1) is 18.9. The molecule has 140 valence electrons. The molecular formula is C18H21Cl2N3O3. The minimum Gasteiger partial charge on any atom is -0.467 e. The predicted octanol–water partition coefficient (Wildman–Crippen LogP) is 2.94. The number of hydrogen-bond acceptors (Lipinski definition) is 3. The van der Waals surface area contributed by atoms with Gasteiger partial charge in [-0.05, 0) is 37.1 Å². The van der Waals surface area contributed by atoms with Gasteiger partial charge in [-0.2, -0.15) is 0 Å². The SMILES string of the molecule is Cn1cccc1CN(Cc1ccco1)C(=O)CN(C(=O)C(Cl)Cl)C1CC1. The molecule has 0 aliphatic heterocycles.